The predicted octanol–water partition coefficient (Wildman–Crippen LogP) is 1.43. The third-order valence-electron chi connectivity index (χ3n) is 3.95. The lowest BCUT2D eigenvalue weighted by Gasteiger charge is -2.33. The second-order valence-electron chi connectivity index (χ2n) is 5.85. The van der Waals surface area contributed by atoms with Crippen molar-refractivity contribution in [1.82, 2.24) is 24.8 Å². The Morgan fingerprint density at radius 3 is 2.91 bits per heavy atom. The SMILES string of the molecule is Cc1nc(C)n([C@@H]2CCCN(C(=O)COc3cc(C)on3)C2)n1. The van der Waals surface area contributed by atoms with Gasteiger partial charge in [-0.3, -0.25) is 4.79 Å². The molecule has 1 aliphatic heterocycles. The Kier molecular flexibility index (Phi) is 4.31. The van der Waals surface area contributed by atoms with Crippen LogP contribution >= 0.6 is 0 Å². The summed E-state index contributed by atoms with van der Waals surface area (Å²) in [5.74, 6) is 2.59. The molecule has 1 fully saturated rings. The summed E-state index contributed by atoms with van der Waals surface area (Å²) < 4.78 is 12.2. The van der Waals surface area contributed by atoms with Crippen molar-refractivity contribution >= 4 is 5.91 Å². The Balaban J connectivity index is 1.59. The van der Waals surface area contributed by atoms with Gasteiger partial charge in [-0.2, -0.15) is 5.10 Å². The van der Waals surface area contributed by atoms with Gasteiger partial charge in [-0.05, 0) is 38.8 Å². The zero-order valence-electron chi connectivity index (χ0n) is 13.7. The highest BCUT2D eigenvalue weighted by atomic mass is 16.5. The molecule has 23 heavy (non-hydrogen) atoms. The van der Waals surface area contributed by atoms with Crippen molar-refractivity contribution in [3.05, 3.63) is 23.5 Å². The van der Waals surface area contributed by atoms with Crippen LogP contribution in [0.4, 0.5) is 0 Å². The molecule has 2 aromatic heterocycles. The molecule has 1 aliphatic rings. The van der Waals surface area contributed by atoms with Crippen LogP contribution in [0.1, 0.15) is 36.3 Å². The molecule has 8 nitrogen and oxygen atoms in total. The maximum Gasteiger partial charge on any atom is 0.260 e. The van der Waals surface area contributed by atoms with E-state index >= 15 is 0 Å². The molecule has 124 valence electrons. The van der Waals surface area contributed by atoms with Crippen molar-refractivity contribution in [2.24, 2.45) is 0 Å². The fourth-order valence-corrected chi connectivity index (χ4v) is 2.90. The summed E-state index contributed by atoms with van der Waals surface area (Å²) in [6, 6.07) is 1.83. The van der Waals surface area contributed by atoms with Crippen molar-refractivity contribution in [3.63, 3.8) is 0 Å². The van der Waals surface area contributed by atoms with Crippen LogP contribution in [-0.4, -0.2) is 50.4 Å². The predicted molar refractivity (Wildman–Crippen MR) is 81.1 cm³/mol. The lowest BCUT2D eigenvalue weighted by Crippen LogP contribution is -2.43. The Bertz CT molecular complexity index is 693. The molecule has 0 unspecified atom stereocenters. The summed E-state index contributed by atoms with van der Waals surface area (Å²) >= 11 is 0. The number of aryl methyl sites for hydroxylation is 3. The lowest BCUT2D eigenvalue weighted by molar-refractivity contribution is -0.135. The number of carbonyl (C=O) groups excluding carboxylic acids is 1. The molecule has 0 aliphatic carbocycles. The van der Waals surface area contributed by atoms with Crippen LogP contribution in [0.3, 0.4) is 0 Å². The van der Waals surface area contributed by atoms with E-state index in [9.17, 15) is 4.79 Å². The van der Waals surface area contributed by atoms with Crippen molar-refractivity contribution in [2.75, 3.05) is 19.7 Å². The molecule has 0 saturated carbocycles. The van der Waals surface area contributed by atoms with Gasteiger partial charge in [0.15, 0.2) is 6.61 Å². The van der Waals surface area contributed by atoms with Gasteiger partial charge in [0, 0.05) is 19.2 Å². The molecular weight excluding hydrogens is 298 g/mol. The van der Waals surface area contributed by atoms with E-state index in [1.807, 2.05) is 23.4 Å². The number of ether oxygens (including phenoxy) is 1. The van der Waals surface area contributed by atoms with Crippen molar-refractivity contribution in [3.8, 4) is 5.88 Å². The average molecular weight is 319 g/mol. The Labute approximate surface area is 134 Å². The molecular formula is C15H21N5O3. The van der Waals surface area contributed by atoms with E-state index < -0.39 is 0 Å². The summed E-state index contributed by atoms with van der Waals surface area (Å²) in [6.07, 6.45) is 1.94. The van der Waals surface area contributed by atoms with Gasteiger partial charge in [0.2, 0.25) is 0 Å². The van der Waals surface area contributed by atoms with Gasteiger partial charge >= 0.3 is 0 Å². The number of piperidine rings is 1. The van der Waals surface area contributed by atoms with Crippen molar-refractivity contribution < 1.29 is 14.1 Å². The van der Waals surface area contributed by atoms with Crippen LogP contribution in [0.5, 0.6) is 5.88 Å². The van der Waals surface area contributed by atoms with Crippen LogP contribution in [0.15, 0.2) is 10.6 Å². The number of amides is 1. The van der Waals surface area contributed by atoms with Gasteiger partial charge in [0.25, 0.3) is 11.8 Å². The maximum absolute atomic E-state index is 12.3. The second-order valence-corrected chi connectivity index (χ2v) is 5.85. The highest BCUT2D eigenvalue weighted by Gasteiger charge is 2.26. The molecule has 3 rings (SSSR count). The van der Waals surface area contributed by atoms with Gasteiger partial charge < -0.3 is 14.2 Å². The van der Waals surface area contributed by atoms with E-state index in [2.05, 4.69) is 15.2 Å². The third-order valence-corrected chi connectivity index (χ3v) is 3.95. The quantitative estimate of drug-likeness (QED) is 0.847. The van der Waals surface area contributed by atoms with Crippen LogP contribution < -0.4 is 4.74 Å². The fraction of sp³-hybridized carbons (Fsp3) is 0.600. The number of nitrogens with zero attached hydrogens (tertiary/aromatic N) is 5. The molecule has 2 aromatic rings. The number of hydrogen-bond donors (Lipinski definition) is 0. The molecule has 3 heterocycles. The van der Waals surface area contributed by atoms with Crippen LogP contribution in [-0.2, 0) is 4.79 Å². The number of aromatic nitrogens is 4. The minimum Gasteiger partial charge on any atom is -0.465 e. The molecule has 0 bridgehead atoms. The van der Waals surface area contributed by atoms with Gasteiger partial charge in [-0.15, -0.1) is 0 Å². The van der Waals surface area contributed by atoms with E-state index in [1.165, 1.54) is 0 Å². The molecule has 8 heteroatoms. The van der Waals surface area contributed by atoms with E-state index in [4.69, 9.17) is 9.26 Å². The van der Waals surface area contributed by atoms with E-state index in [0.29, 0.717) is 18.2 Å². The number of rotatable bonds is 4. The third kappa shape index (κ3) is 3.52. The van der Waals surface area contributed by atoms with Crippen molar-refractivity contribution in [2.45, 2.75) is 39.7 Å². The standard InChI is InChI=1S/C15H21N5O3/c1-10-7-14(18-23-10)22-9-15(21)19-6-4-5-13(8-19)20-12(3)16-11(2)17-20/h7,13H,4-6,8-9H2,1-3H3/t13-/m1/s1. The summed E-state index contributed by atoms with van der Waals surface area (Å²) in [6.45, 7) is 6.93. The number of likely N-dealkylation sites (tertiary alicyclic amines) is 1. The van der Waals surface area contributed by atoms with Gasteiger partial charge in [-0.25, -0.2) is 9.67 Å². The first-order chi connectivity index (χ1) is 11.0. The number of hydrogen-bond acceptors (Lipinski definition) is 6. The first-order valence-corrected chi connectivity index (χ1v) is 7.76. The molecule has 1 saturated heterocycles. The van der Waals surface area contributed by atoms with Gasteiger partial charge in [-0.1, -0.05) is 0 Å². The topological polar surface area (TPSA) is 86.3 Å². The fourth-order valence-electron chi connectivity index (χ4n) is 2.90. The molecule has 0 radical (unpaired) electrons. The molecule has 1 atom stereocenters. The van der Waals surface area contributed by atoms with E-state index in [1.54, 1.807) is 13.0 Å². The van der Waals surface area contributed by atoms with Crippen LogP contribution in [0, 0.1) is 20.8 Å². The largest absolute Gasteiger partial charge is 0.465 e. The highest BCUT2D eigenvalue weighted by molar-refractivity contribution is 5.77. The monoisotopic (exact) mass is 319 g/mol. The Hall–Kier alpha value is -2.38. The highest BCUT2D eigenvalue weighted by Crippen LogP contribution is 2.22. The zero-order valence-corrected chi connectivity index (χ0v) is 13.7. The minimum atomic E-state index is -0.0511. The summed E-state index contributed by atoms with van der Waals surface area (Å²) in [4.78, 5) is 18.5. The molecule has 0 aromatic carbocycles. The van der Waals surface area contributed by atoms with Gasteiger partial charge in [0.05, 0.1) is 6.04 Å². The normalized spacial score (nSPS) is 18.2. The first kappa shape index (κ1) is 15.5. The van der Waals surface area contributed by atoms with Gasteiger partial charge in [0.1, 0.15) is 17.4 Å². The molecule has 0 N–H and O–H groups in total. The first-order valence-electron chi connectivity index (χ1n) is 7.76. The molecule has 0 spiro atoms. The smallest absolute Gasteiger partial charge is 0.260 e. The Morgan fingerprint density at radius 2 is 2.26 bits per heavy atom. The van der Waals surface area contributed by atoms with E-state index in [-0.39, 0.29) is 18.6 Å². The van der Waals surface area contributed by atoms with E-state index in [0.717, 1.165) is 31.0 Å². The van der Waals surface area contributed by atoms with Crippen LogP contribution in [0.2, 0.25) is 0 Å². The van der Waals surface area contributed by atoms with Crippen LogP contribution in [0.25, 0.3) is 0 Å². The summed E-state index contributed by atoms with van der Waals surface area (Å²) in [5.41, 5.74) is 0. The Morgan fingerprint density at radius 1 is 1.43 bits per heavy atom. The van der Waals surface area contributed by atoms with Crippen molar-refractivity contribution in [1.29, 1.82) is 0 Å². The second kappa shape index (κ2) is 6.39. The summed E-state index contributed by atoms with van der Waals surface area (Å²) in [5, 5.41) is 8.16. The lowest BCUT2D eigenvalue weighted by atomic mass is 10.1. The zero-order chi connectivity index (χ0) is 16.4. The average Bonchev–Trinajstić information content (AvgIpc) is 3.10. The summed E-state index contributed by atoms with van der Waals surface area (Å²) in [7, 11) is 0. The molecule has 1 amide bonds. The maximum atomic E-state index is 12.3. The number of carbonyl (C=O) groups is 1. The minimum absolute atomic E-state index is 0.0337.